The van der Waals surface area contributed by atoms with E-state index in [1.165, 1.54) is 0 Å². The zero-order valence-corrected chi connectivity index (χ0v) is 8.98. The van der Waals surface area contributed by atoms with Crippen LogP contribution in [-0.4, -0.2) is 28.3 Å². The Morgan fingerprint density at radius 3 is 2.80 bits per heavy atom. The molecule has 2 fully saturated rings. The molecular weight excluding hydrogens is 212 g/mol. The summed E-state index contributed by atoms with van der Waals surface area (Å²) in [4.78, 5) is 4.34. The molecule has 0 spiro atoms. The summed E-state index contributed by atoms with van der Waals surface area (Å²) in [7, 11) is 0. The van der Waals surface area contributed by atoms with Crippen LogP contribution < -0.4 is 5.32 Å². The molecule has 2 bridgehead atoms. The van der Waals surface area contributed by atoms with Gasteiger partial charge < -0.3 is 10.4 Å². The average molecular weight is 225 g/mol. The summed E-state index contributed by atoms with van der Waals surface area (Å²) in [5.74, 6) is 0.414. The first-order chi connectivity index (χ1) is 7.24. The number of hydrogen-bond acceptors (Lipinski definition) is 3. The number of aliphatic hydroxyl groups is 1. The Kier molecular flexibility index (Phi) is 2.20. The maximum atomic E-state index is 9.63. The van der Waals surface area contributed by atoms with Crippen molar-refractivity contribution in [2.24, 2.45) is 0 Å². The lowest BCUT2D eigenvalue weighted by Gasteiger charge is -2.22. The van der Waals surface area contributed by atoms with Crippen LogP contribution in [0.2, 0.25) is 5.15 Å². The Labute approximate surface area is 93.5 Å². The van der Waals surface area contributed by atoms with Crippen LogP contribution in [0.1, 0.15) is 24.5 Å². The van der Waals surface area contributed by atoms with Crippen molar-refractivity contribution in [3.63, 3.8) is 0 Å². The Balaban J connectivity index is 1.86. The molecule has 2 N–H and O–H groups in total. The van der Waals surface area contributed by atoms with E-state index < -0.39 is 0 Å². The molecule has 3 nitrogen and oxygen atoms in total. The number of pyridine rings is 1. The van der Waals surface area contributed by atoms with E-state index in [4.69, 9.17) is 11.6 Å². The Hall–Kier alpha value is -0.640. The third-order valence-electron chi connectivity index (χ3n) is 3.50. The topological polar surface area (TPSA) is 45.1 Å². The molecule has 4 heteroatoms. The SMILES string of the molecule is O[C@H]1C[C@H]2N[C@@H]1C[C@@H]2c1cccc(Cl)n1. The summed E-state index contributed by atoms with van der Waals surface area (Å²) < 4.78 is 0. The summed E-state index contributed by atoms with van der Waals surface area (Å²) in [6.07, 6.45) is 1.63. The molecule has 2 aliphatic heterocycles. The van der Waals surface area contributed by atoms with Crippen LogP contribution in [0.15, 0.2) is 18.2 Å². The van der Waals surface area contributed by atoms with Crippen molar-refractivity contribution >= 4 is 11.6 Å². The Morgan fingerprint density at radius 1 is 1.33 bits per heavy atom. The normalized spacial score (nSPS) is 38.5. The van der Waals surface area contributed by atoms with E-state index in [0.29, 0.717) is 17.1 Å². The summed E-state index contributed by atoms with van der Waals surface area (Å²) >= 11 is 5.87. The zero-order chi connectivity index (χ0) is 10.4. The third kappa shape index (κ3) is 1.55. The molecule has 3 heterocycles. The van der Waals surface area contributed by atoms with Gasteiger partial charge in [-0.25, -0.2) is 4.98 Å². The molecule has 1 aromatic rings. The molecule has 0 unspecified atom stereocenters. The highest BCUT2D eigenvalue weighted by Gasteiger charge is 2.45. The van der Waals surface area contributed by atoms with Gasteiger partial charge in [-0.15, -0.1) is 0 Å². The van der Waals surface area contributed by atoms with Gasteiger partial charge in [0.15, 0.2) is 0 Å². The van der Waals surface area contributed by atoms with Crippen LogP contribution in [-0.2, 0) is 0 Å². The minimum atomic E-state index is -0.176. The highest BCUT2D eigenvalue weighted by Crippen LogP contribution is 2.39. The van der Waals surface area contributed by atoms with Crippen molar-refractivity contribution in [2.75, 3.05) is 0 Å². The standard InChI is InChI=1S/C11H13ClN2O/c12-11-3-1-2-7(14-11)6-4-9-10(15)5-8(6)13-9/h1-3,6,8-10,13,15H,4-5H2/t6-,8-,9-,10+/m1/s1. The number of hydrogen-bond donors (Lipinski definition) is 2. The molecule has 15 heavy (non-hydrogen) atoms. The first-order valence-electron chi connectivity index (χ1n) is 5.30. The lowest BCUT2D eigenvalue weighted by atomic mass is 9.85. The van der Waals surface area contributed by atoms with E-state index in [0.717, 1.165) is 18.5 Å². The van der Waals surface area contributed by atoms with E-state index in [1.54, 1.807) is 6.07 Å². The monoisotopic (exact) mass is 224 g/mol. The highest BCUT2D eigenvalue weighted by atomic mass is 35.5. The molecule has 2 aliphatic rings. The molecule has 0 aliphatic carbocycles. The van der Waals surface area contributed by atoms with Gasteiger partial charge in [-0.05, 0) is 25.0 Å². The third-order valence-corrected chi connectivity index (χ3v) is 3.71. The second-order valence-corrected chi connectivity index (χ2v) is 4.80. The number of fused-ring (bicyclic) bond motifs is 2. The van der Waals surface area contributed by atoms with Gasteiger partial charge >= 0.3 is 0 Å². The van der Waals surface area contributed by atoms with E-state index in [9.17, 15) is 5.11 Å². The Morgan fingerprint density at radius 2 is 2.20 bits per heavy atom. The first kappa shape index (κ1) is 9.58. The van der Waals surface area contributed by atoms with Crippen molar-refractivity contribution in [3.05, 3.63) is 29.0 Å². The lowest BCUT2D eigenvalue weighted by molar-refractivity contribution is 0.140. The molecule has 80 valence electrons. The van der Waals surface area contributed by atoms with Gasteiger partial charge in [-0.1, -0.05) is 17.7 Å². The van der Waals surface area contributed by atoms with Gasteiger partial charge in [0, 0.05) is 23.7 Å². The fourth-order valence-electron chi connectivity index (χ4n) is 2.78. The summed E-state index contributed by atoms with van der Waals surface area (Å²) in [6.45, 7) is 0. The van der Waals surface area contributed by atoms with Crippen LogP contribution in [0.4, 0.5) is 0 Å². The zero-order valence-electron chi connectivity index (χ0n) is 8.23. The van der Waals surface area contributed by atoms with Crippen LogP contribution in [0.5, 0.6) is 0 Å². The lowest BCUT2D eigenvalue weighted by Crippen LogP contribution is -2.27. The maximum Gasteiger partial charge on any atom is 0.129 e. The molecule has 0 radical (unpaired) electrons. The van der Waals surface area contributed by atoms with Crippen molar-refractivity contribution in [1.29, 1.82) is 0 Å². The largest absolute Gasteiger partial charge is 0.391 e. The number of aromatic nitrogens is 1. The first-order valence-corrected chi connectivity index (χ1v) is 5.68. The number of rotatable bonds is 1. The van der Waals surface area contributed by atoms with Crippen LogP contribution >= 0.6 is 11.6 Å². The van der Waals surface area contributed by atoms with E-state index >= 15 is 0 Å². The molecule has 0 aromatic carbocycles. The quantitative estimate of drug-likeness (QED) is 0.708. The average Bonchev–Trinajstić information content (AvgIpc) is 2.76. The fourth-order valence-corrected chi connectivity index (χ4v) is 2.95. The van der Waals surface area contributed by atoms with E-state index in [1.807, 2.05) is 12.1 Å². The summed E-state index contributed by atoms with van der Waals surface area (Å²) in [5, 5.41) is 13.6. The molecule has 0 amide bonds. The van der Waals surface area contributed by atoms with Crippen molar-refractivity contribution in [2.45, 2.75) is 36.9 Å². The number of nitrogens with one attached hydrogen (secondary N) is 1. The minimum Gasteiger partial charge on any atom is -0.391 e. The molecule has 2 saturated heterocycles. The van der Waals surface area contributed by atoms with Gasteiger partial charge in [0.1, 0.15) is 5.15 Å². The number of nitrogens with zero attached hydrogens (tertiary/aromatic N) is 1. The smallest absolute Gasteiger partial charge is 0.129 e. The summed E-state index contributed by atoms with van der Waals surface area (Å²) in [5.41, 5.74) is 1.05. The maximum absolute atomic E-state index is 9.63. The van der Waals surface area contributed by atoms with Gasteiger partial charge in [-0.3, -0.25) is 0 Å². The van der Waals surface area contributed by atoms with Crippen LogP contribution in [0.3, 0.4) is 0 Å². The summed E-state index contributed by atoms with van der Waals surface area (Å²) in [6, 6.07) is 6.37. The van der Waals surface area contributed by atoms with Crippen molar-refractivity contribution < 1.29 is 5.11 Å². The highest BCUT2D eigenvalue weighted by molar-refractivity contribution is 6.29. The molecule has 3 rings (SSSR count). The van der Waals surface area contributed by atoms with Gasteiger partial charge in [0.2, 0.25) is 0 Å². The molecule has 1 aromatic heterocycles. The minimum absolute atomic E-state index is 0.176. The second-order valence-electron chi connectivity index (χ2n) is 4.41. The van der Waals surface area contributed by atoms with E-state index in [2.05, 4.69) is 10.3 Å². The van der Waals surface area contributed by atoms with Crippen molar-refractivity contribution in [3.8, 4) is 0 Å². The fraction of sp³-hybridized carbons (Fsp3) is 0.545. The molecule has 4 atom stereocenters. The number of aliphatic hydroxyl groups excluding tert-OH is 1. The molecule has 0 saturated carbocycles. The molecular formula is C11H13ClN2O. The van der Waals surface area contributed by atoms with Gasteiger partial charge in [0.05, 0.1) is 6.10 Å². The predicted octanol–water partition coefficient (Wildman–Crippen LogP) is 1.31. The predicted molar refractivity (Wildman–Crippen MR) is 57.9 cm³/mol. The van der Waals surface area contributed by atoms with Crippen LogP contribution in [0, 0.1) is 0 Å². The Bertz CT molecular complexity index is 383. The number of halogens is 1. The van der Waals surface area contributed by atoms with Crippen LogP contribution in [0.25, 0.3) is 0 Å². The van der Waals surface area contributed by atoms with Crippen molar-refractivity contribution in [1.82, 2.24) is 10.3 Å². The van der Waals surface area contributed by atoms with E-state index in [-0.39, 0.29) is 12.1 Å². The van der Waals surface area contributed by atoms with Gasteiger partial charge in [-0.2, -0.15) is 0 Å². The second kappa shape index (κ2) is 3.44. The van der Waals surface area contributed by atoms with Gasteiger partial charge in [0.25, 0.3) is 0 Å².